The summed E-state index contributed by atoms with van der Waals surface area (Å²) >= 11 is 0. The maximum Gasteiger partial charge on any atom is 0.237 e. The molecule has 0 aliphatic carbocycles. The first-order valence-electron chi connectivity index (χ1n) is 6.93. The van der Waals surface area contributed by atoms with Crippen molar-refractivity contribution < 1.29 is 14.1 Å². The van der Waals surface area contributed by atoms with Crippen LogP contribution in [-0.4, -0.2) is 23.0 Å². The van der Waals surface area contributed by atoms with Crippen molar-refractivity contribution in [3.63, 3.8) is 0 Å². The fraction of sp³-hybridized carbons (Fsp3) is 0.438. The van der Waals surface area contributed by atoms with Crippen LogP contribution in [0.1, 0.15) is 38.1 Å². The molecule has 0 saturated heterocycles. The Morgan fingerprint density at radius 1 is 1.33 bits per heavy atom. The average molecular weight is 288 g/mol. The quantitative estimate of drug-likeness (QED) is 0.843. The van der Waals surface area contributed by atoms with Gasteiger partial charge in [0.15, 0.2) is 0 Å². The number of rotatable bonds is 5. The van der Waals surface area contributed by atoms with Gasteiger partial charge in [0.05, 0.1) is 13.0 Å². The van der Waals surface area contributed by atoms with E-state index in [1.807, 2.05) is 39.0 Å². The predicted octanol–water partition coefficient (Wildman–Crippen LogP) is 3.38. The second-order valence-electron chi connectivity index (χ2n) is 5.47. The summed E-state index contributed by atoms with van der Waals surface area (Å²) in [5.41, 5.74) is 1.84. The highest BCUT2D eigenvalue weighted by atomic mass is 16.5. The molecule has 1 heterocycles. The van der Waals surface area contributed by atoms with Gasteiger partial charge in [-0.3, -0.25) is 4.79 Å². The third-order valence-corrected chi connectivity index (χ3v) is 3.47. The van der Waals surface area contributed by atoms with Crippen LogP contribution < -0.4 is 4.74 Å². The van der Waals surface area contributed by atoms with Crippen LogP contribution in [0, 0.1) is 12.8 Å². The van der Waals surface area contributed by atoms with Crippen LogP contribution in [0.5, 0.6) is 5.75 Å². The zero-order chi connectivity index (χ0) is 15.6. The number of ether oxygens (including phenoxy) is 1. The van der Waals surface area contributed by atoms with Crippen molar-refractivity contribution in [2.24, 2.45) is 5.92 Å². The van der Waals surface area contributed by atoms with Gasteiger partial charge in [-0.1, -0.05) is 19.0 Å². The summed E-state index contributed by atoms with van der Waals surface area (Å²) in [4.78, 5) is 16.1. The van der Waals surface area contributed by atoms with Crippen LogP contribution in [0.4, 0.5) is 0 Å². The topological polar surface area (TPSA) is 65.2 Å². The molecule has 0 bridgehead atoms. The summed E-state index contributed by atoms with van der Waals surface area (Å²) in [6.07, 6.45) is 0. The Morgan fingerprint density at radius 2 is 2.05 bits per heavy atom. The minimum atomic E-state index is -0.356. The van der Waals surface area contributed by atoms with Gasteiger partial charge in [-0.05, 0) is 43.5 Å². The van der Waals surface area contributed by atoms with Crippen LogP contribution in [-0.2, 0) is 4.79 Å². The minimum Gasteiger partial charge on any atom is -0.496 e. The molecule has 5 nitrogen and oxygen atoms in total. The first kappa shape index (κ1) is 15.2. The highest BCUT2D eigenvalue weighted by Gasteiger charge is 2.27. The number of nitrogens with zero attached hydrogens (tertiary/aromatic N) is 2. The van der Waals surface area contributed by atoms with E-state index in [1.54, 1.807) is 14.0 Å². The van der Waals surface area contributed by atoms with Gasteiger partial charge in [0.2, 0.25) is 11.7 Å². The fourth-order valence-corrected chi connectivity index (χ4v) is 2.42. The molecule has 0 radical (unpaired) electrons. The van der Waals surface area contributed by atoms with Gasteiger partial charge in [-0.15, -0.1) is 0 Å². The standard InChI is InChI=1S/C16H20N2O3/c1-9(2)14(11(4)19)16-17-15(18-21-16)12-6-7-13(20-5)10(3)8-12/h6-9,14H,1-5H3. The summed E-state index contributed by atoms with van der Waals surface area (Å²) in [7, 11) is 1.63. The van der Waals surface area contributed by atoms with Crippen molar-refractivity contribution in [2.75, 3.05) is 7.11 Å². The number of hydrogen-bond acceptors (Lipinski definition) is 5. The third kappa shape index (κ3) is 3.12. The number of benzene rings is 1. The molecule has 0 aliphatic rings. The first-order chi connectivity index (χ1) is 9.93. The molecule has 21 heavy (non-hydrogen) atoms. The Bertz CT molecular complexity index is 647. The first-order valence-corrected chi connectivity index (χ1v) is 6.93. The van der Waals surface area contributed by atoms with E-state index in [0.29, 0.717) is 11.7 Å². The molecule has 1 aromatic carbocycles. The lowest BCUT2D eigenvalue weighted by Crippen LogP contribution is -2.15. The zero-order valence-electron chi connectivity index (χ0n) is 13.0. The largest absolute Gasteiger partial charge is 0.496 e. The molecule has 0 amide bonds. The molecule has 0 aliphatic heterocycles. The van der Waals surface area contributed by atoms with E-state index in [1.165, 1.54) is 0 Å². The van der Waals surface area contributed by atoms with Gasteiger partial charge >= 0.3 is 0 Å². The van der Waals surface area contributed by atoms with Crippen LogP contribution in [0.2, 0.25) is 0 Å². The maximum absolute atomic E-state index is 11.7. The van der Waals surface area contributed by atoms with Gasteiger partial charge in [0, 0.05) is 5.56 Å². The second kappa shape index (κ2) is 6.08. The monoisotopic (exact) mass is 288 g/mol. The summed E-state index contributed by atoms with van der Waals surface area (Å²) < 4.78 is 10.5. The van der Waals surface area contributed by atoms with Crippen LogP contribution in [0.25, 0.3) is 11.4 Å². The predicted molar refractivity (Wildman–Crippen MR) is 79.3 cm³/mol. The molecule has 1 aromatic heterocycles. The number of methoxy groups -OCH3 is 1. The highest BCUT2D eigenvalue weighted by Crippen LogP contribution is 2.28. The van der Waals surface area contributed by atoms with Gasteiger partial charge in [0.1, 0.15) is 11.5 Å². The number of carbonyl (C=O) groups is 1. The molecule has 0 N–H and O–H groups in total. The molecule has 2 rings (SSSR count). The van der Waals surface area contributed by atoms with Crippen molar-refractivity contribution in [3.05, 3.63) is 29.7 Å². The van der Waals surface area contributed by atoms with E-state index < -0.39 is 0 Å². The van der Waals surface area contributed by atoms with Crippen LogP contribution in [0.15, 0.2) is 22.7 Å². The molecule has 0 saturated carbocycles. The lowest BCUT2D eigenvalue weighted by atomic mass is 9.92. The molecule has 1 atom stereocenters. The fourth-order valence-electron chi connectivity index (χ4n) is 2.42. The van der Waals surface area contributed by atoms with Gasteiger partial charge in [-0.25, -0.2) is 0 Å². The summed E-state index contributed by atoms with van der Waals surface area (Å²) in [5.74, 6) is 1.47. The Hall–Kier alpha value is -2.17. The average Bonchev–Trinajstić information content (AvgIpc) is 2.87. The molecular formula is C16H20N2O3. The minimum absolute atomic E-state index is 0.0334. The van der Waals surface area contributed by atoms with E-state index >= 15 is 0 Å². The molecule has 0 fully saturated rings. The number of ketones is 1. The lowest BCUT2D eigenvalue weighted by Gasteiger charge is -2.12. The molecule has 5 heteroatoms. The van der Waals surface area contributed by atoms with Crippen molar-refractivity contribution in [1.82, 2.24) is 10.1 Å². The maximum atomic E-state index is 11.7. The Morgan fingerprint density at radius 3 is 2.57 bits per heavy atom. The van der Waals surface area contributed by atoms with E-state index in [0.717, 1.165) is 16.9 Å². The summed E-state index contributed by atoms with van der Waals surface area (Å²) in [6.45, 7) is 7.43. The number of carbonyl (C=O) groups excluding carboxylic acids is 1. The Labute approximate surface area is 124 Å². The van der Waals surface area contributed by atoms with Crippen molar-refractivity contribution in [1.29, 1.82) is 0 Å². The van der Waals surface area contributed by atoms with Gasteiger partial charge in [0.25, 0.3) is 0 Å². The molecule has 1 unspecified atom stereocenters. The summed E-state index contributed by atoms with van der Waals surface area (Å²) in [5, 5.41) is 3.99. The van der Waals surface area contributed by atoms with E-state index in [4.69, 9.17) is 9.26 Å². The normalized spacial score (nSPS) is 12.5. The highest BCUT2D eigenvalue weighted by molar-refractivity contribution is 5.82. The van der Waals surface area contributed by atoms with E-state index in [-0.39, 0.29) is 17.6 Å². The van der Waals surface area contributed by atoms with Crippen molar-refractivity contribution in [2.45, 2.75) is 33.6 Å². The SMILES string of the molecule is COc1ccc(-c2noc(C(C(C)=O)C(C)C)n2)cc1C. The zero-order valence-corrected chi connectivity index (χ0v) is 13.0. The second-order valence-corrected chi connectivity index (χ2v) is 5.47. The van der Waals surface area contributed by atoms with Crippen LogP contribution in [0.3, 0.4) is 0 Å². The number of hydrogen-bond donors (Lipinski definition) is 0. The van der Waals surface area contributed by atoms with E-state index in [2.05, 4.69) is 10.1 Å². The molecular weight excluding hydrogens is 268 g/mol. The number of aryl methyl sites for hydroxylation is 1. The Balaban J connectivity index is 2.35. The lowest BCUT2D eigenvalue weighted by molar-refractivity contribution is -0.119. The molecule has 2 aromatic rings. The third-order valence-electron chi connectivity index (χ3n) is 3.47. The van der Waals surface area contributed by atoms with Crippen molar-refractivity contribution in [3.8, 4) is 17.1 Å². The molecule has 112 valence electrons. The molecule has 0 spiro atoms. The van der Waals surface area contributed by atoms with E-state index in [9.17, 15) is 4.79 Å². The number of Topliss-reactive ketones (excluding diaryl/α,β-unsaturated/α-hetero) is 1. The van der Waals surface area contributed by atoms with Crippen molar-refractivity contribution >= 4 is 5.78 Å². The Kier molecular flexibility index (Phi) is 4.40. The van der Waals surface area contributed by atoms with Crippen LogP contribution >= 0.6 is 0 Å². The summed E-state index contributed by atoms with van der Waals surface area (Å²) in [6, 6.07) is 5.68. The number of aromatic nitrogens is 2. The smallest absolute Gasteiger partial charge is 0.237 e. The van der Waals surface area contributed by atoms with Gasteiger partial charge < -0.3 is 9.26 Å². The van der Waals surface area contributed by atoms with Gasteiger partial charge in [-0.2, -0.15) is 4.98 Å².